The second-order valence-corrected chi connectivity index (χ2v) is 8.32. The SMILES string of the molecule is CCN1CCCC1CN(Cc1cc2ccc(OC)cc2[nH]c1=O)C(=O)Nc1ccc(F)cc1. The Labute approximate surface area is 192 Å². The number of hydrogen-bond donors (Lipinski definition) is 2. The van der Waals surface area contributed by atoms with Crippen LogP contribution in [0.15, 0.2) is 53.3 Å². The minimum absolute atomic E-state index is 0.165. The number of halogens is 1. The van der Waals surface area contributed by atoms with E-state index in [1.54, 1.807) is 18.1 Å². The summed E-state index contributed by atoms with van der Waals surface area (Å²) in [6.45, 7) is 4.70. The van der Waals surface area contributed by atoms with E-state index in [0.29, 0.717) is 29.1 Å². The third kappa shape index (κ3) is 5.34. The normalized spacial score (nSPS) is 16.2. The number of aromatic nitrogens is 1. The molecular weight excluding hydrogens is 423 g/mol. The molecule has 1 aliphatic rings. The Morgan fingerprint density at radius 3 is 2.76 bits per heavy atom. The predicted molar refractivity (Wildman–Crippen MR) is 127 cm³/mol. The number of nitrogens with zero attached hydrogens (tertiary/aromatic N) is 2. The molecule has 4 rings (SSSR count). The molecule has 8 heteroatoms. The van der Waals surface area contributed by atoms with Gasteiger partial charge in [0, 0.05) is 29.9 Å². The summed E-state index contributed by atoms with van der Waals surface area (Å²) in [6, 6.07) is 12.9. The monoisotopic (exact) mass is 452 g/mol. The first-order chi connectivity index (χ1) is 16.0. The molecule has 2 amide bonds. The van der Waals surface area contributed by atoms with Crippen LogP contribution in [0.2, 0.25) is 0 Å². The van der Waals surface area contributed by atoms with Crippen molar-refractivity contribution in [1.82, 2.24) is 14.8 Å². The smallest absolute Gasteiger partial charge is 0.322 e. The Balaban J connectivity index is 1.60. The van der Waals surface area contributed by atoms with Gasteiger partial charge in [0.1, 0.15) is 11.6 Å². The highest BCUT2D eigenvalue weighted by Crippen LogP contribution is 2.21. The van der Waals surface area contributed by atoms with Gasteiger partial charge in [0.05, 0.1) is 19.2 Å². The number of H-pyrrole nitrogens is 1. The first kappa shape index (κ1) is 22.8. The van der Waals surface area contributed by atoms with Crippen LogP contribution >= 0.6 is 0 Å². The van der Waals surface area contributed by atoms with E-state index >= 15 is 0 Å². The Bertz CT molecular complexity index is 1180. The van der Waals surface area contributed by atoms with Crippen molar-refractivity contribution in [2.45, 2.75) is 32.4 Å². The number of rotatable bonds is 7. The average molecular weight is 453 g/mol. The molecule has 0 radical (unpaired) electrons. The minimum atomic E-state index is -0.367. The molecule has 33 heavy (non-hydrogen) atoms. The fraction of sp³-hybridized carbons (Fsp3) is 0.360. The molecule has 3 aromatic rings. The molecule has 7 nitrogen and oxygen atoms in total. The van der Waals surface area contributed by atoms with Crippen molar-refractivity contribution in [2.24, 2.45) is 0 Å². The van der Waals surface area contributed by atoms with E-state index in [0.717, 1.165) is 31.3 Å². The predicted octanol–water partition coefficient (Wildman–Crippen LogP) is 4.19. The molecule has 0 bridgehead atoms. The van der Waals surface area contributed by atoms with Crippen LogP contribution in [-0.4, -0.2) is 53.6 Å². The number of urea groups is 1. The van der Waals surface area contributed by atoms with E-state index < -0.39 is 0 Å². The van der Waals surface area contributed by atoms with Gasteiger partial charge in [0.25, 0.3) is 5.56 Å². The number of amides is 2. The number of likely N-dealkylation sites (tertiary alicyclic amines) is 1. The lowest BCUT2D eigenvalue weighted by Gasteiger charge is -2.30. The molecule has 0 aliphatic carbocycles. The molecule has 174 valence electrons. The van der Waals surface area contributed by atoms with Crippen LogP contribution in [0.1, 0.15) is 25.3 Å². The number of aromatic amines is 1. The van der Waals surface area contributed by atoms with Gasteiger partial charge in [-0.15, -0.1) is 0 Å². The molecule has 2 aromatic carbocycles. The van der Waals surface area contributed by atoms with E-state index in [2.05, 4.69) is 22.1 Å². The first-order valence-corrected chi connectivity index (χ1v) is 11.2. The lowest BCUT2D eigenvalue weighted by Crippen LogP contribution is -2.45. The number of likely N-dealkylation sites (N-methyl/N-ethyl adjacent to an activating group) is 1. The Kier molecular flexibility index (Phi) is 6.93. The number of carbonyl (C=O) groups is 1. The fourth-order valence-electron chi connectivity index (χ4n) is 4.40. The third-order valence-corrected chi connectivity index (χ3v) is 6.21. The molecular formula is C25H29FN4O3. The molecule has 2 heterocycles. The van der Waals surface area contributed by atoms with E-state index in [4.69, 9.17) is 4.74 Å². The number of benzene rings is 2. The lowest BCUT2D eigenvalue weighted by molar-refractivity contribution is 0.174. The number of hydrogen-bond acceptors (Lipinski definition) is 4. The molecule has 1 unspecified atom stereocenters. The van der Waals surface area contributed by atoms with Crippen molar-refractivity contribution >= 4 is 22.6 Å². The number of anilines is 1. The van der Waals surface area contributed by atoms with Crippen molar-refractivity contribution < 1.29 is 13.9 Å². The van der Waals surface area contributed by atoms with E-state index in [9.17, 15) is 14.0 Å². The zero-order valence-corrected chi connectivity index (χ0v) is 18.9. The first-order valence-electron chi connectivity index (χ1n) is 11.2. The Morgan fingerprint density at radius 2 is 2.03 bits per heavy atom. The summed E-state index contributed by atoms with van der Waals surface area (Å²) in [5.41, 5.74) is 1.44. The molecule has 1 aromatic heterocycles. The van der Waals surface area contributed by atoms with Gasteiger partial charge >= 0.3 is 6.03 Å². The Morgan fingerprint density at radius 1 is 1.24 bits per heavy atom. The van der Waals surface area contributed by atoms with Crippen molar-refractivity contribution in [3.8, 4) is 5.75 Å². The van der Waals surface area contributed by atoms with Crippen LogP contribution in [0.5, 0.6) is 5.75 Å². The molecule has 1 atom stereocenters. The summed E-state index contributed by atoms with van der Waals surface area (Å²) in [4.78, 5) is 33.0. The zero-order chi connectivity index (χ0) is 23.4. The zero-order valence-electron chi connectivity index (χ0n) is 18.9. The maximum atomic E-state index is 13.3. The van der Waals surface area contributed by atoms with Crippen molar-refractivity contribution in [3.63, 3.8) is 0 Å². The van der Waals surface area contributed by atoms with Gasteiger partial charge in [-0.3, -0.25) is 9.69 Å². The van der Waals surface area contributed by atoms with Gasteiger partial charge < -0.3 is 19.9 Å². The van der Waals surface area contributed by atoms with Crippen LogP contribution in [0.3, 0.4) is 0 Å². The largest absolute Gasteiger partial charge is 0.497 e. The molecule has 1 fully saturated rings. The van der Waals surface area contributed by atoms with Crippen LogP contribution in [-0.2, 0) is 6.54 Å². The van der Waals surface area contributed by atoms with Crippen molar-refractivity contribution in [3.05, 3.63) is 70.3 Å². The number of carbonyl (C=O) groups excluding carboxylic acids is 1. The number of ether oxygens (including phenoxy) is 1. The highest BCUT2D eigenvalue weighted by Gasteiger charge is 2.28. The fourth-order valence-corrected chi connectivity index (χ4v) is 4.40. The van der Waals surface area contributed by atoms with Gasteiger partial charge in [-0.1, -0.05) is 6.92 Å². The second kappa shape index (κ2) is 10.0. The van der Waals surface area contributed by atoms with Gasteiger partial charge in [0.2, 0.25) is 0 Å². The van der Waals surface area contributed by atoms with Crippen molar-refractivity contribution in [2.75, 3.05) is 32.1 Å². The Hall–Kier alpha value is -3.39. The number of fused-ring (bicyclic) bond motifs is 1. The summed E-state index contributed by atoms with van der Waals surface area (Å²) in [6.07, 6.45) is 2.09. The van der Waals surface area contributed by atoms with E-state index in [-0.39, 0.29) is 30.0 Å². The number of nitrogens with one attached hydrogen (secondary N) is 2. The minimum Gasteiger partial charge on any atom is -0.497 e. The maximum Gasteiger partial charge on any atom is 0.322 e. The van der Waals surface area contributed by atoms with Gasteiger partial charge in [0.15, 0.2) is 0 Å². The lowest BCUT2D eigenvalue weighted by atomic mass is 10.1. The van der Waals surface area contributed by atoms with Crippen LogP contribution in [0.25, 0.3) is 10.9 Å². The third-order valence-electron chi connectivity index (χ3n) is 6.21. The summed E-state index contributed by atoms with van der Waals surface area (Å²) in [5.74, 6) is 0.292. The average Bonchev–Trinajstić information content (AvgIpc) is 3.27. The number of pyridine rings is 1. The summed E-state index contributed by atoms with van der Waals surface area (Å²) < 4.78 is 18.5. The summed E-state index contributed by atoms with van der Waals surface area (Å²) >= 11 is 0. The molecule has 1 saturated heterocycles. The van der Waals surface area contributed by atoms with Crippen LogP contribution < -0.4 is 15.6 Å². The topological polar surface area (TPSA) is 77.7 Å². The summed E-state index contributed by atoms with van der Waals surface area (Å²) in [7, 11) is 1.58. The van der Waals surface area contributed by atoms with Crippen molar-refractivity contribution in [1.29, 1.82) is 0 Å². The highest BCUT2D eigenvalue weighted by atomic mass is 19.1. The quantitative estimate of drug-likeness (QED) is 0.563. The molecule has 2 N–H and O–H groups in total. The summed E-state index contributed by atoms with van der Waals surface area (Å²) in [5, 5.41) is 3.70. The second-order valence-electron chi connectivity index (χ2n) is 8.32. The molecule has 0 saturated carbocycles. The number of methoxy groups -OCH3 is 1. The van der Waals surface area contributed by atoms with E-state index in [1.165, 1.54) is 24.3 Å². The van der Waals surface area contributed by atoms with Gasteiger partial charge in [-0.05, 0) is 73.8 Å². The molecule has 1 aliphatic heterocycles. The van der Waals surface area contributed by atoms with Crippen LogP contribution in [0.4, 0.5) is 14.9 Å². The van der Waals surface area contributed by atoms with Gasteiger partial charge in [-0.2, -0.15) is 0 Å². The highest BCUT2D eigenvalue weighted by molar-refractivity contribution is 5.89. The van der Waals surface area contributed by atoms with Gasteiger partial charge in [-0.25, -0.2) is 9.18 Å². The van der Waals surface area contributed by atoms with E-state index in [1.807, 2.05) is 18.2 Å². The van der Waals surface area contributed by atoms with Crippen LogP contribution in [0, 0.1) is 5.82 Å². The maximum absolute atomic E-state index is 13.3. The molecule has 0 spiro atoms. The standard InChI is InChI=1S/C25H29FN4O3/c1-3-29-12-4-5-21(29)16-30(25(32)27-20-9-7-19(26)8-10-20)15-18-13-17-6-11-22(33-2)14-23(17)28-24(18)31/h6-11,13-14,21H,3-5,12,15-16H2,1-2H3,(H,27,32)(H,28,31).